The number of hydrogen-bond donors (Lipinski definition) is 0. The molecule has 3 radical (unpaired) electrons. The van der Waals surface area contributed by atoms with Crippen LogP contribution in [0.5, 0.6) is 0 Å². The molecule has 0 saturated carbocycles. The Balaban J connectivity index is 4.14. The summed E-state index contributed by atoms with van der Waals surface area (Å²) < 4.78 is 35.2. The molecule has 0 fully saturated rings. The van der Waals surface area contributed by atoms with E-state index in [2.05, 4.69) is 0 Å². The molecule has 5 heteroatoms. The molecule has 0 bridgehead atoms. The predicted octanol–water partition coefficient (Wildman–Crippen LogP) is 1.53. The summed E-state index contributed by atoms with van der Waals surface area (Å²) in [5.41, 5.74) is 0. The fraction of sp³-hybridized carbons (Fsp3) is 1.00. The Morgan fingerprint density at radius 3 is 1.56 bits per heavy atom. The van der Waals surface area contributed by atoms with Gasteiger partial charge in [0.1, 0.15) is 0 Å². The first-order chi connectivity index (χ1) is 3.81. The highest BCUT2D eigenvalue weighted by Crippen LogP contribution is 2.41. The molecule has 0 unspecified atom stereocenters. The van der Waals surface area contributed by atoms with Crippen molar-refractivity contribution in [3.8, 4) is 0 Å². The fourth-order valence-corrected chi connectivity index (χ4v) is 0.0945. The Morgan fingerprint density at radius 1 is 1.22 bits per heavy atom. The smallest absolute Gasteiger partial charge is 0.171 e. The van der Waals surface area contributed by atoms with E-state index in [1.165, 1.54) is 0 Å². The molecule has 49 valence electrons. The topological polar surface area (TPSA) is 0 Å². The van der Waals surface area contributed by atoms with Gasteiger partial charge in [-0.15, -0.1) is 0 Å². The lowest BCUT2D eigenvalue weighted by atomic mass is 9.40. The van der Waals surface area contributed by atoms with E-state index >= 15 is 0 Å². The molecule has 0 aromatic rings. The lowest BCUT2D eigenvalue weighted by Crippen LogP contribution is -2.31. The molecular formula is C4H6B2F3. The van der Waals surface area contributed by atoms with Gasteiger partial charge in [0.15, 0.2) is 0 Å². The van der Waals surface area contributed by atoms with E-state index in [-0.39, 0.29) is 0 Å². The van der Waals surface area contributed by atoms with Gasteiger partial charge in [-0.1, -0.05) is 13.8 Å². The van der Waals surface area contributed by atoms with Crippen molar-refractivity contribution in [2.45, 2.75) is 25.3 Å². The highest BCUT2D eigenvalue weighted by molar-refractivity contribution is 6.91. The number of alkyl halides is 3. The van der Waals surface area contributed by atoms with Crippen molar-refractivity contribution in [2.75, 3.05) is 0 Å². The van der Waals surface area contributed by atoms with E-state index in [0.717, 1.165) is 13.8 Å². The molecule has 0 rings (SSSR count). The molecule has 0 atom stereocenters. The number of rotatable bonds is 1. The third-order valence-electron chi connectivity index (χ3n) is 1.15. The van der Waals surface area contributed by atoms with E-state index in [4.69, 9.17) is 7.74 Å². The molecule has 0 aliphatic rings. The first-order valence-corrected chi connectivity index (χ1v) is 2.44. The number of halogens is 3. The van der Waals surface area contributed by atoms with Crippen molar-refractivity contribution in [1.82, 2.24) is 0 Å². The monoisotopic (exact) mass is 133 g/mol. The summed E-state index contributed by atoms with van der Waals surface area (Å²) in [5.74, 6) is 0. The largest absolute Gasteiger partial charge is 0.386 e. The molecule has 0 aromatic carbocycles. The van der Waals surface area contributed by atoms with Crippen molar-refractivity contribution in [2.24, 2.45) is 0 Å². The summed E-state index contributed by atoms with van der Waals surface area (Å²) in [4.78, 5) is 0. The zero-order valence-corrected chi connectivity index (χ0v) is 5.29. The third-order valence-corrected chi connectivity index (χ3v) is 1.15. The minimum Gasteiger partial charge on any atom is -0.171 e. The van der Waals surface area contributed by atoms with Crippen molar-refractivity contribution >= 4 is 14.9 Å². The van der Waals surface area contributed by atoms with Gasteiger partial charge in [0.05, 0.1) is 7.17 Å². The van der Waals surface area contributed by atoms with Crippen LogP contribution >= 0.6 is 0 Å². The standard InChI is InChI=1S/C4H6B2F3/c1-3(2,6-5)4(7,8)9/h1-2H3. The second-order valence-corrected chi connectivity index (χ2v) is 2.39. The molecule has 0 nitrogen and oxygen atoms in total. The highest BCUT2D eigenvalue weighted by Gasteiger charge is 2.44. The quantitative estimate of drug-likeness (QED) is 0.475. The summed E-state index contributed by atoms with van der Waals surface area (Å²) in [6.45, 7) is 2.04. The first-order valence-electron chi connectivity index (χ1n) is 2.44. The van der Waals surface area contributed by atoms with Gasteiger partial charge in [-0.05, 0) is 0 Å². The van der Waals surface area contributed by atoms with E-state index in [1.54, 1.807) is 0 Å². The molecule has 9 heavy (non-hydrogen) atoms. The first kappa shape index (κ1) is 8.92. The maximum absolute atomic E-state index is 11.7. The Bertz CT molecular complexity index is 96.5. The Kier molecular flexibility index (Phi) is 2.25. The van der Waals surface area contributed by atoms with Gasteiger partial charge in [0, 0.05) is 13.1 Å². The molecular weight excluding hydrogens is 127 g/mol. The van der Waals surface area contributed by atoms with Gasteiger partial charge in [0.25, 0.3) is 0 Å². The highest BCUT2D eigenvalue weighted by atomic mass is 19.4. The van der Waals surface area contributed by atoms with Crippen LogP contribution in [0, 0.1) is 0 Å². The third kappa shape index (κ3) is 1.95. The zero-order valence-electron chi connectivity index (χ0n) is 5.29. The molecule has 0 amide bonds. The van der Waals surface area contributed by atoms with Crippen LogP contribution in [-0.2, 0) is 0 Å². The maximum atomic E-state index is 11.7. The van der Waals surface area contributed by atoms with Gasteiger partial charge in [-0.2, -0.15) is 13.2 Å². The molecule has 0 spiro atoms. The van der Waals surface area contributed by atoms with Crippen molar-refractivity contribution in [3.63, 3.8) is 0 Å². The zero-order chi connectivity index (χ0) is 7.71. The van der Waals surface area contributed by atoms with Crippen LogP contribution in [0.25, 0.3) is 0 Å². The van der Waals surface area contributed by atoms with E-state index in [9.17, 15) is 13.2 Å². The lowest BCUT2D eigenvalue weighted by Gasteiger charge is -2.25. The van der Waals surface area contributed by atoms with Gasteiger partial charge in [0.2, 0.25) is 0 Å². The Morgan fingerprint density at radius 2 is 1.56 bits per heavy atom. The second kappa shape index (κ2) is 2.27. The molecule has 0 N–H and O–H groups in total. The molecule has 0 aromatic heterocycles. The van der Waals surface area contributed by atoms with Gasteiger partial charge < -0.3 is 0 Å². The minimum absolute atomic E-state index is 0.646. The number of hydrogen-bond acceptors (Lipinski definition) is 0. The normalized spacial score (nSPS) is 13.4. The summed E-state index contributed by atoms with van der Waals surface area (Å²) in [7, 11) is 5.39. The minimum atomic E-state index is -4.23. The van der Waals surface area contributed by atoms with E-state index < -0.39 is 11.5 Å². The average Bonchev–Trinajstić information content (AvgIpc) is 1.64. The van der Waals surface area contributed by atoms with Crippen LogP contribution in [0.4, 0.5) is 13.2 Å². The average molecular weight is 133 g/mol. The van der Waals surface area contributed by atoms with Crippen LogP contribution in [0.2, 0.25) is 5.31 Å². The van der Waals surface area contributed by atoms with Crippen LogP contribution in [0.3, 0.4) is 0 Å². The second-order valence-electron chi connectivity index (χ2n) is 2.39. The predicted molar refractivity (Wildman–Crippen MR) is 31.6 cm³/mol. The maximum Gasteiger partial charge on any atom is 0.386 e. The van der Waals surface area contributed by atoms with Crippen molar-refractivity contribution in [1.29, 1.82) is 0 Å². The van der Waals surface area contributed by atoms with Crippen LogP contribution in [0.15, 0.2) is 0 Å². The Labute approximate surface area is 54.5 Å². The fourth-order valence-electron chi connectivity index (χ4n) is 0.0945. The van der Waals surface area contributed by atoms with Crippen LogP contribution in [-0.4, -0.2) is 21.1 Å². The van der Waals surface area contributed by atoms with Gasteiger partial charge >= 0.3 is 6.18 Å². The lowest BCUT2D eigenvalue weighted by molar-refractivity contribution is -0.156. The Hall–Kier alpha value is -0.0801. The molecule has 0 saturated heterocycles. The van der Waals surface area contributed by atoms with Crippen LogP contribution in [0.1, 0.15) is 13.8 Å². The SMILES string of the molecule is [B][B]C(C)(C)C(F)(F)F. The van der Waals surface area contributed by atoms with E-state index in [0.29, 0.717) is 7.17 Å². The summed E-state index contributed by atoms with van der Waals surface area (Å²) >= 11 is 0. The van der Waals surface area contributed by atoms with Gasteiger partial charge in [-0.3, -0.25) is 0 Å². The van der Waals surface area contributed by atoms with Gasteiger partial charge in [-0.25, -0.2) is 0 Å². The van der Waals surface area contributed by atoms with Crippen molar-refractivity contribution < 1.29 is 13.2 Å². The molecule has 0 heterocycles. The molecule has 0 aliphatic carbocycles. The van der Waals surface area contributed by atoms with Crippen LogP contribution < -0.4 is 0 Å². The molecule has 0 aliphatic heterocycles. The summed E-state index contributed by atoms with van der Waals surface area (Å²) in [6, 6.07) is 0. The van der Waals surface area contributed by atoms with Crippen molar-refractivity contribution in [3.05, 3.63) is 0 Å². The van der Waals surface area contributed by atoms with E-state index in [1.807, 2.05) is 0 Å². The summed E-state index contributed by atoms with van der Waals surface area (Å²) in [5, 5.41) is -1.87. The summed E-state index contributed by atoms with van der Waals surface area (Å²) in [6.07, 6.45) is -4.23.